The van der Waals surface area contributed by atoms with Crippen LogP contribution in [0.15, 0.2) is 5.38 Å². The highest BCUT2D eigenvalue weighted by Gasteiger charge is 2.51. The lowest BCUT2D eigenvalue weighted by Crippen LogP contribution is -2.37. The third-order valence-electron chi connectivity index (χ3n) is 5.06. The first kappa shape index (κ1) is 22.0. The van der Waals surface area contributed by atoms with Gasteiger partial charge >= 0.3 is 12.1 Å². The Morgan fingerprint density at radius 2 is 1.93 bits per heavy atom. The minimum atomic E-state index is -5.08. The number of carbonyl (C=O) groups is 2. The summed E-state index contributed by atoms with van der Waals surface area (Å²) in [7, 11) is -3.15. The number of hydrogen-bond acceptors (Lipinski definition) is 6. The van der Waals surface area contributed by atoms with Gasteiger partial charge in [-0.05, 0) is 19.8 Å². The molecule has 0 unspecified atom stereocenters. The molecule has 1 N–H and O–H groups in total. The predicted octanol–water partition coefficient (Wildman–Crippen LogP) is 1.47. The molecule has 2 aliphatic heterocycles. The topological polar surface area (TPSA) is 108 Å². The van der Waals surface area contributed by atoms with Gasteiger partial charge in [0.2, 0.25) is 15.9 Å². The number of hydrogen-bond donors (Lipinski definition) is 1. The normalized spacial score (nSPS) is 25.0. The van der Waals surface area contributed by atoms with E-state index in [1.807, 2.05) is 17.2 Å². The van der Waals surface area contributed by atoms with Crippen LogP contribution in [0.5, 0.6) is 0 Å². The molecule has 0 spiro atoms. The van der Waals surface area contributed by atoms with Crippen molar-refractivity contribution in [1.29, 1.82) is 0 Å². The molecule has 2 atom stereocenters. The Hall–Kier alpha value is -1.73. The number of carboxylic acid groups (broad SMARTS) is 1. The number of nitrogens with zero attached hydrogens (tertiary/aromatic N) is 3. The summed E-state index contributed by atoms with van der Waals surface area (Å²) in [6, 6.07) is 0. The van der Waals surface area contributed by atoms with Crippen LogP contribution >= 0.6 is 11.3 Å². The third-order valence-corrected chi connectivity index (χ3v) is 8.21. The van der Waals surface area contributed by atoms with Gasteiger partial charge in [-0.1, -0.05) is 0 Å². The van der Waals surface area contributed by atoms with E-state index in [1.165, 1.54) is 0 Å². The van der Waals surface area contributed by atoms with E-state index in [0.29, 0.717) is 26.2 Å². The molecule has 0 radical (unpaired) electrons. The number of likely N-dealkylation sites (tertiary alicyclic amines) is 1. The number of aliphatic carboxylic acids is 1. The molecule has 3 aliphatic rings. The van der Waals surface area contributed by atoms with Crippen LogP contribution in [0.3, 0.4) is 0 Å². The van der Waals surface area contributed by atoms with Gasteiger partial charge < -0.3 is 10.0 Å². The highest BCUT2D eigenvalue weighted by atomic mass is 32.2. The van der Waals surface area contributed by atoms with E-state index >= 15 is 0 Å². The molecule has 2 saturated heterocycles. The largest absolute Gasteiger partial charge is 0.490 e. The summed E-state index contributed by atoms with van der Waals surface area (Å²) in [6.07, 6.45) is -3.53. The minimum Gasteiger partial charge on any atom is -0.475 e. The number of thiazole rings is 1. The lowest BCUT2D eigenvalue weighted by Gasteiger charge is -2.21. The lowest BCUT2D eigenvalue weighted by atomic mass is 10.0. The maximum atomic E-state index is 12.5. The summed E-state index contributed by atoms with van der Waals surface area (Å²) in [5.41, 5.74) is 0.929. The van der Waals surface area contributed by atoms with Crippen molar-refractivity contribution >= 4 is 33.2 Å². The molecule has 1 aromatic rings. The van der Waals surface area contributed by atoms with Crippen molar-refractivity contribution in [3.63, 3.8) is 0 Å². The quantitative estimate of drug-likeness (QED) is 0.737. The fourth-order valence-corrected chi connectivity index (χ4v) is 6.03. The van der Waals surface area contributed by atoms with E-state index in [1.54, 1.807) is 15.6 Å². The summed E-state index contributed by atoms with van der Waals surface area (Å²) in [4.78, 5) is 27.7. The summed E-state index contributed by atoms with van der Waals surface area (Å²) >= 11 is 1.59. The fourth-order valence-electron chi connectivity index (χ4n) is 3.51. The van der Waals surface area contributed by atoms with Crippen LogP contribution in [0.25, 0.3) is 0 Å². The molecular weight excluding hydrogens is 435 g/mol. The van der Waals surface area contributed by atoms with Crippen LogP contribution < -0.4 is 0 Å². The Balaban J connectivity index is 0.000000298. The standard InChI is InChI=1S/C14H19N3O3S2.C2HF3O2/c1-9-15-11(8-21-9)6-16-4-10-5-17(7-13(10)14(16)18)22(19,20)12-2-3-12;3-2(4,5)1(6)7/h8,10,12-13H,2-7H2,1H3;(H,6,7)/t10-,13+;/m1./s1. The molecule has 0 aromatic carbocycles. The second kappa shape index (κ2) is 7.84. The number of aryl methyl sites for hydroxylation is 1. The first-order valence-corrected chi connectivity index (χ1v) is 11.3. The van der Waals surface area contributed by atoms with E-state index in [9.17, 15) is 26.4 Å². The number of carbonyl (C=O) groups excluding carboxylic acids is 1. The molecule has 1 aliphatic carbocycles. The van der Waals surface area contributed by atoms with Gasteiger partial charge in [-0.2, -0.15) is 13.2 Å². The van der Waals surface area contributed by atoms with Crippen LogP contribution in [0.2, 0.25) is 0 Å². The maximum absolute atomic E-state index is 12.5. The Labute approximate surface area is 169 Å². The summed E-state index contributed by atoms with van der Waals surface area (Å²) in [6.45, 7) is 4.02. The number of aromatic nitrogens is 1. The molecule has 29 heavy (non-hydrogen) atoms. The van der Waals surface area contributed by atoms with Crippen molar-refractivity contribution in [2.24, 2.45) is 11.8 Å². The first-order valence-electron chi connectivity index (χ1n) is 8.88. The predicted molar refractivity (Wildman–Crippen MR) is 96.5 cm³/mol. The Kier molecular flexibility index (Phi) is 5.94. The highest BCUT2D eigenvalue weighted by molar-refractivity contribution is 7.90. The zero-order valence-electron chi connectivity index (χ0n) is 15.4. The smallest absolute Gasteiger partial charge is 0.475 e. The van der Waals surface area contributed by atoms with E-state index < -0.39 is 22.2 Å². The molecule has 3 fully saturated rings. The van der Waals surface area contributed by atoms with Crippen molar-refractivity contribution in [3.8, 4) is 0 Å². The molecule has 162 valence electrons. The third kappa shape index (κ3) is 4.89. The van der Waals surface area contributed by atoms with Crippen molar-refractivity contribution in [3.05, 3.63) is 16.1 Å². The van der Waals surface area contributed by atoms with Gasteiger partial charge in [-0.25, -0.2) is 22.5 Å². The molecule has 4 rings (SSSR count). The van der Waals surface area contributed by atoms with Crippen LogP contribution in [-0.4, -0.2) is 70.7 Å². The van der Waals surface area contributed by atoms with Gasteiger partial charge in [0, 0.05) is 30.9 Å². The van der Waals surface area contributed by atoms with Crippen molar-refractivity contribution in [2.45, 2.75) is 37.7 Å². The zero-order chi connectivity index (χ0) is 21.6. The molecule has 1 saturated carbocycles. The van der Waals surface area contributed by atoms with Gasteiger partial charge in [0.05, 0.1) is 28.4 Å². The second-order valence-corrected chi connectivity index (χ2v) is 10.6. The van der Waals surface area contributed by atoms with Gasteiger partial charge in [0.15, 0.2) is 0 Å². The number of rotatable bonds is 4. The van der Waals surface area contributed by atoms with Gasteiger partial charge in [-0.15, -0.1) is 11.3 Å². The average molecular weight is 455 g/mol. The number of fused-ring (bicyclic) bond motifs is 1. The van der Waals surface area contributed by atoms with Crippen molar-refractivity contribution < 1.29 is 36.3 Å². The second-order valence-electron chi connectivity index (χ2n) is 7.31. The van der Waals surface area contributed by atoms with Crippen LogP contribution in [0, 0.1) is 18.8 Å². The van der Waals surface area contributed by atoms with Crippen molar-refractivity contribution in [1.82, 2.24) is 14.2 Å². The Morgan fingerprint density at radius 3 is 2.38 bits per heavy atom. The average Bonchev–Trinajstić information content (AvgIpc) is 3.18. The lowest BCUT2D eigenvalue weighted by molar-refractivity contribution is -0.192. The summed E-state index contributed by atoms with van der Waals surface area (Å²) in [5.74, 6) is -2.69. The van der Waals surface area contributed by atoms with Gasteiger partial charge in [0.25, 0.3) is 0 Å². The number of amides is 1. The summed E-state index contributed by atoms with van der Waals surface area (Å²) in [5, 5.41) is 9.93. The van der Waals surface area contributed by atoms with E-state index in [0.717, 1.165) is 23.5 Å². The van der Waals surface area contributed by atoms with E-state index in [-0.39, 0.29) is 23.0 Å². The van der Waals surface area contributed by atoms with Crippen molar-refractivity contribution in [2.75, 3.05) is 19.6 Å². The van der Waals surface area contributed by atoms with Gasteiger partial charge in [0.1, 0.15) is 0 Å². The van der Waals surface area contributed by atoms with Crippen LogP contribution in [-0.2, 0) is 26.2 Å². The Bertz CT molecular complexity index is 898. The molecule has 1 aromatic heterocycles. The molecule has 0 bridgehead atoms. The monoisotopic (exact) mass is 455 g/mol. The molecule has 3 heterocycles. The number of halogens is 3. The van der Waals surface area contributed by atoms with Crippen LogP contribution in [0.1, 0.15) is 23.5 Å². The number of alkyl halides is 3. The molecular formula is C16H20F3N3O5S2. The molecule has 8 nitrogen and oxygen atoms in total. The SMILES string of the molecule is Cc1nc(CN2C[C@@H]3CN(S(=O)(=O)C4CC4)C[C@@H]3C2=O)cs1.O=C(O)C(F)(F)F. The maximum Gasteiger partial charge on any atom is 0.490 e. The molecule has 13 heteroatoms. The van der Waals surface area contributed by atoms with E-state index in [2.05, 4.69) is 4.98 Å². The fraction of sp³-hybridized carbons (Fsp3) is 0.688. The first-order chi connectivity index (χ1) is 13.4. The van der Waals surface area contributed by atoms with Crippen LogP contribution in [0.4, 0.5) is 13.2 Å². The Morgan fingerprint density at radius 1 is 1.31 bits per heavy atom. The number of carboxylic acids is 1. The summed E-state index contributed by atoms with van der Waals surface area (Å²) < 4.78 is 57.9. The highest BCUT2D eigenvalue weighted by Crippen LogP contribution is 2.39. The van der Waals surface area contributed by atoms with Gasteiger partial charge in [-0.3, -0.25) is 4.79 Å². The minimum absolute atomic E-state index is 0.0872. The number of sulfonamides is 1. The molecule has 1 amide bonds. The van der Waals surface area contributed by atoms with E-state index in [4.69, 9.17) is 9.90 Å². The zero-order valence-corrected chi connectivity index (χ0v) is 17.1.